The molecule has 0 radical (unpaired) electrons. The summed E-state index contributed by atoms with van der Waals surface area (Å²) in [6.07, 6.45) is -0.0507. The van der Waals surface area contributed by atoms with Gasteiger partial charge in [0.15, 0.2) is 5.78 Å². The highest BCUT2D eigenvalue weighted by Crippen LogP contribution is 2.16. The van der Waals surface area contributed by atoms with Gasteiger partial charge in [0.05, 0.1) is 18.8 Å². The van der Waals surface area contributed by atoms with Crippen LogP contribution in [-0.2, 0) is 4.74 Å². The summed E-state index contributed by atoms with van der Waals surface area (Å²) in [6.45, 7) is 3.52. The van der Waals surface area contributed by atoms with Gasteiger partial charge in [0, 0.05) is 6.07 Å². The molecule has 3 nitrogen and oxygen atoms in total. The van der Waals surface area contributed by atoms with E-state index >= 15 is 0 Å². The van der Waals surface area contributed by atoms with Gasteiger partial charge in [-0.1, -0.05) is 0 Å². The summed E-state index contributed by atoms with van der Waals surface area (Å²) in [5.74, 6) is -0.565. The zero-order valence-electron chi connectivity index (χ0n) is 9.62. The van der Waals surface area contributed by atoms with E-state index in [1.165, 1.54) is 19.2 Å². The highest BCUT2D eigenvalue weighted by Gasteiger charge is 2.13. The minimum absolute atomic E-state index is 0.0291. The molecule has 0 bridgehead atoms. The number of methoxy groups -OCH3 is 1. The van der Waals surface area contributed by atoms with Gasteiger partial charge >= 0.3 is 0 Å². The lowest BCUT2D eigenvalue weighted by atomic mass is 10.1. The molecule has 88 valence electrons. The van der Waals surface area contributed by atoms with E-state index in [0.717, 1.165) is 0 Å². The van der Waals surface area contributed by atoms with Crippen LogP contribution < -0.4 is 4.74 Å². The van der Waals surface area contributed by atoms with Crippen molar-refractivity contribution in [2.24, 2.45) is 0 Å². The zero-order valence-corrected chi connectivity index (χ0v) is 9.62. The molecule has 16 heavy (non-hydrogen) atoms. The molecule has 0 atom stereocenters. The Hall–Kier alpha value is -1.42. The van der Waals surface area contributed by atoms with Gasteiger partial charge in [-0.3, -0.25) is 4.79 Å². The molecule has 0 amide bonds. The maximum atomic E-state index is 13.5. The first-order valence-electron chi connectivity index (χ1n) is 5.03. The molecule has 0 unspecified atom stereocenters. The van der Waals surface area contributed by atoms with E-state index in [1.807, 2.05) is 13.8 Å². The maximum absolute atomic E-state index is 13.5. The second-order valence-corrected chi connectivity index (χ2v) is 3.63. The number of hydrogen-bond donors (Lipinski definition) is 0. The van der Waals surface area contributed by atoms with Crippen molar-refractivity contribution in [3.05, 3.63) is 29.6 Å². The van der Waals surface area contributed by atoms with Gasteiger partial charge in [0.2, 0.25) is 0 Å². The van der Waals surface area contributed by atoms with Gasteiger partial charge < -0.3 is 9.47 Å². The molecule has 0 aliphatic heterocycles. The predicted octanol–water partition coefficient (Wildman–Crippen LogP) is 2.44. The second-order valence-electron chi connectivity index (χ2n) is 3.63. The molecule has 1 aromatic rings. The van der Waals surface area contributed by atoms with E-state index in [2.05, 4.69) is 0 Å². The molecule has 0 heterocycles. The van der Waals surface area contributed by atoms with Gasteiger partial charge in [-0.15, -0.1) is 0 Å². The van der Waals surface area contributed by atoms with E-state index in [0.29, 0.717) is 5.75 Å². The average molecular weight is 226 g/mol. The molecule has 0 saturated carbocycles. The number of benzene rings is 1. The molecular weight excluding hydrogens is 211 g/mol. The number of ketones is 1. The fourth-order valence-corrected chi connectivity index (χ4v) is 1.17. The summed E-state index contributed by atoms with van der Waals surface area (Å²) in [6, 6.07) is 4.13. The third-order valence-corrected chi connectivity index (χ3v) is 2.02. The third-order valence-electron chi connectivity index (χ3n) is 2.02. The summed E-state index contributed by atoms with van der Waals surface area (Å²) in [5, 5.41) is 0. The van der Waals surface area contributed by atoms with Crippen LogP contribution in [0.1, 0.15) is 24.2 Å². The Morgan fingerprint density at radius 3 is 2.62 bits per heavy atom. The van der Waals surface area contributed by atoms with Crippen LogP contribution in [0.2, 0.25) is 0 Å². The van der Waals surface area contributed by atoms with Crippen molar-refractivity contribution in [1.82, 2.24) is 0 Å². The van der Waals surface area contributed by atoms with Gasteiger partial charge in [-0.25, -0.2) is 4.39 Å². The van der Waals surface area contributed by atoms with E-state index in [1.54, 1.807) is 6.07 Å². The van der Waals surface area contributed by atoms with E-state index in [-0.39, 0.29) is 24.1 Å². The summed E-state index contributed by atoms with van der Waals surface area (Å²) in [4.78, 5) is 11.6. The number of carbonyl (C=O) groups excluding carboxylic acids is 1. The highest BCUT2D eigenvalue weighted by molar-refractivity contribution is 5.97. The summed E-state index contributed by atoms with van der Waals surface area (Å²) in [5.41, 5.74) is 0.0291. The summed E-state index contributed by atoms with van der Waals surface area (Å²) < 4.78 is 23.4. The van der Waals surface area contributed by atoms with Crippen LogP contribution in [0.4, 0.5) is 4.39 Å². The molecule has 0 saturated heterocycles. The number of rotatable bonds is 5. The number of Topliss-reactive ketones (excluding diaryl/α,β-unsaturated/α-hetero) is 1. The van der Waals surface area contributed by atoms with Crippen molar-refractivity contribution in [2.75, 3.05) is 13.7 Å². The fourth-order valence-electron chi connectivity index (χ4n) is 1.17. The molecule has 0 N–H and O–H groups in total. The van der Waals surface area contributed by atoms with Gasteiger partial charge in [-0.2, -0.15) is 0 Å². The van der Waals surface area contributed by atoms with Gasteiger partial charge in [0.1, 0.15) is 18.2 Å². The lowest BCUT2D eigenvalue weighted by Gasteiger charge is -2.08. The van der Waals surface area contributed by atoms with Crippen molar-refractivity contribution in [1.29, 1.82) is 0 Å². The first kappa shape index (κ1) is 12.6. The first-order valence-corrected chi connectivity index (χ1v) is 5.03. The van der Waals surface area contributed by atoms with Crippen LogP contribution in [0.3, 0.4) is 0 Å². The molecule has 4 heteroatoms. The van der Waals surface area contributed by atoms with Crippen molar-refractivity contribution < 1.29 is 18.7 Å². The average Bonchev–Trinajstić information content (AvgIpc) is 2.25. The van der Waals surface area contributed by atoms with E-state index < -0.39 is 5.82 Å². The topological polar surface area (TPSA) is 35.5 Å². The minimum atomic E-state index is -0.586. The van der Waals surface area contributed by atoms with Crippen LogP contribution in [0.5, 0.6) is 5.75 Å². The normalized spacial score (nSPS) is 10.6. The molecule has 0 aliphatic rings. The van der Waals surface area contributed by atoms with Crippen molar-refractivity contribution in [3.63, 3.8) is 0 Å². The monoisotopic (exact) mass is 226 g/mol. The Morgan fingerprint density at radius 2 is 2.12 bits per heavy atom. The summed E-state index contributed by atoms with van der Waals surface area (Å²) >= 11 is 0. The zero-order chi connectivity index (χ0) is 12.1. The Morgan fingerprint density at radius 1 is 1.44 bits per heavy atom. The molecule has 0 aromatic heterocycles. The molecular formula is C12H15FO3. The van der Waals surface area contributed by atoms with Crippen LogP contribution in [-0.4, -0.2) is 25.6 Å². The third kappa shape index (κ3) is 3.31. The first-order chi connectivity index (χ1) is 7.54. The minimum Gasteiger partial charge on any atom is -0.497 e. The van der Waals surface area contributed by atoms with Gasteiger partial charge in [0.25, 0.3) is 0 Å². The SMILES string of the molecule is COc1ccc(C(=O)COC(C)C)c(F)c1. The smallest absolute Gasteiger partial charge is 0.191 e. The predicted molar refractivity (Wildman–Crippen MR) is 58.4 cm³/mol. The second kappa shape index (κ2) is 5.61. The fraction of sp³-hybridized carbons (Fsp3) is 0.417. The lowest BCUT2D eigenvalue weighted by Crippen LogP contribution is -2.14. The number of halogens is 1. The van der Waals surface area contributed by atoms with Crippen LogP contribution in [0.25, 0.3) is 0 Å². The maximum Gasteiger partial charge on any atom is 0.191 e. The quantitative estimate of drug-likeness (QED) is 0.723. The molecule has 1 rings (SSSR count). The number of carbonyl (C=O) groups is 1. The molecule has 0 spiro atoms. The van der Waals surface area contributed by atoms with Crippen LogP contribution in [0, 0.1) is 5.82 Å². The standard InChI is InChI=1S/C12H15FO3/c1-8(2)16-7-12(14)10-5-4-9(15-3)6-11(10)13/h4-6,8H,7H2,1-3H3. The number of ether oxygens (including phenoxy) is 2. The highest BCUT2D eigenvalue weighted by atomic mass is 19.1. The number of hydrogen-bond acceptors (Lipinski definition) is 3. The molecule has 1 aromatic carbocycles. The van der Waals surface area contributed by atoms with Crippen molar-refractivity contribution in [2.45, 2.75) is 20.0 Å². The van der Waals surface area contributed by atoms with Crippen LogP contribution >= 0.6 is 0 Å². The Labute approximate surface area is 94.2 Å². The summed E-state index contributed by atoms with van der Waals surface area (Å²) in [7, 11) is 1.44. The molecule has 0 fully saturated rings. The van der Waals surface area contributed by atoms with Crippen molar-refractivity contribution in [3.8, 4) is 5.75 Å². The Balaban J connectivity index is 2.76. The van der Waals surface area contributed by atoms with Crippen molar-refractivity contribution >= 4 is 5.78 Å². The Kier molecular flexibility index (Phi) is 4.43. The lowest BCUT2D eigenvalue weighted by molar-refractivity contribution is 0.0581. The largest absolute Gasteiger partial charge is 0.497 e. The Bertz CT molecular complexity index is 375. The molecule has 0 aliphatic carbocycles. The van der Waals surface area contributed by atoms with Crippen LogP contribution in [0.15, 0.2) is 18.2 Å². The van der Waals surface area contributed by atoms with E-state index in [4.69, 9.17) is 9.47 Å². The van der Waals surface area contributed by atoms with Gasteiger partial charge in [-0.05, 0) is 26.0 Å². The van der Waals surface area contributed by atoms with E-state index in [9.17, 15) is 9.18 Å².